The molecule has 0 aromatic heterocycles. The average Bonchev–Trinajstić information content (AvgIpc) is 2.90. The van der Waals surface area contributed by atoms with Gasteiger partial charge >= 0.3 is 6.03 Å². The van der Waals surface area contributed by atoms with Crippen LogP contribution in [0.1, 0.15) is 38.7 Å². The quantitative estimate of drug-likeness (QED) is 0.182. The summed E-state index contributed by atoms with van der Waals surface area (Å²) in [6, 6.07) is 9.23. The molecule has 1 aliphatic heterocycles. The lowest BCUT2D eigenvalue weighted by Crippen LogP contribution is -2.41. The highest BCUT2D eigenvalue weighted by molar-refractivity contribution is 7.89. The fraction of sp³-hybridized carbons (Fsp3) is 0.571. The van der Waals surface area contributed by atoms with Gasteiger partial charge in [0, 0.05) is 20.1 Å². The van der Waals surface area contributed by atoms with Crippen LogP contribution in [-0.2, 0) is 26.0 Å². The zero-order valence-electron chi connectivity index (χ0n) is 18.7. The molecule has 0 spiro atoms. The molecule has 10 nitrogen and oxygen atoms in total. The van der Waals surface area contributed by atoms with E-state index in [4.69, 9.17) is 5.21 Å². The number of carbonyl (C=O) groups excluding carboxylic acids is 3. The lowest BCUT2D eigenvalue weighted by atomic mass is 10.0. The summed E-state index contributed by atoms with van der Waals surface area (Å²) < 4.78 is 27.3. The van der Waals surface area contributed by atoms with Crippen LogP contribution in [0.25, 0.3) is 0 Å². The normalized spacial score (nSPS) is 17.0. The van der Waals surface area contributed by atoms with Crippen molar-refractivity contribution in [3.05, 3.63) is 35.9 Å². The minimum Gasteiger partial charge on any atom is -0.313 e. The summed E-state index contributed by atoms with van der Waals surface area (Å²) in [5, 5.41) is 9.00. The highest BCUT2D eigenvalue weighted by atomic mass is 32.2. The Morgan fingerprint density at radius 3 is 2.38 bits per heavy atom. The molecule has 0 radical (unpaired) electrons. The number of hydrogen-bond donors (Lipinski definition) is 3. The molecule has 1 aromatic carbocycles. The van der Waals surface area contributed by atoms with Crippen molar-refractivity contribution in [3.8, 4) is 0 Å². The topological polar surface area (TPSA) is 136 Å². The highest BCUT2D eigenvalue weighted by Crippen LogP contribution is 2.26. The summed E-state index contributed by atoms with van der Waals surface area (Å²) in [4.78, 5) is 39.2. The zero-order valence-corrected chi connectivity index (χ0v) is 19.5. The number of amides is 4. The number of urea groups is 1. The monoisotopic (exact) mass is 468 g/mol. The molecule has 178 valence electrons. The number of rotatable bonds is 12. The van der Waals surface area contributed by atoms with E-state index < -0.39 is 39.2 Å². The molecular weight excluding hydrogens is 436 g/mol. The second kappa shape index (κ2) is 10.9. The minimum absolute atomic E-state index is 0.0607. The fourth-order valence-electron chi connectivity index (χ4n) is 3.54. The number of imide groups is 1. The van der Waals surface area contributed by atoms with Gasteiger partial charge in [0.1, 0.15) is 5.54 Å². The maximum absolute atomic E-state index is 12.4. The largest absolute Gasteiger partial charge is 0.327 e. The molecule has 0 aliphatic carbocycles. The smallest absolute Gasteiger partial charge is 0.313 e. The van der Waals surface area contributed by atoms with Gasteiger partial charge in [-0.1, -0.05) is 30.3 Å². The van der Waals surface area contributed by atoms with Crippen molar-refractivity contribution in [3.63, 3.8) is 0 Å². The van der Waals surface area contributed by atoms with E-state index in [0.717, 1.165) is 10.5 Å². The predicted octanol–water partition coefficient (Wildman–Crippen LogP) is 1.11. The molecule has 11 heteroatoms. The summed E-state index contributed by atoms with van der Waals surface area (Å²) in [6.45, 7) is 3.57. The Morgan fingerprint density at radius 2 is 1.81 bits per heavy atom. The standard InChI is InChI=1S/C21H32N4O6S/c1-21(2)19(27)25(20(28)24(21)3)14-8-12-17(18(26)23-29)15-32(30,31)22-13-7-11-16-9-5-4-6-10-16/h4-6,9-10,17,22,29H,7-8,11-15H2,1-3H3,(H,23,26). The van der Waals surface area contributed by atoms with E-state index in [1.807, 2.05) is 30.3 Å². The van der Waals surface area contributed by atoms with Crippen LogP contribution in [-0.4, -0.2) is 72.7 Å². The van der Waals surface area contributed by atoms with Crippen LogP contribution in [0.3, 0.4) is 0 Å². The third kappa shape index (κ3) is 6.50. The molecule has 1 fully saturated rings. The van der Waals surface area contributed by atoms with Crippen molar-refractivity contribution >= 4 is 27.9 Å². The Morgan fingerprint density at radius 1 is 1.16 bits per heavy atom. The summed E-state index contributed by atoms with van der Waals surface area (Å²) in [6.07, 6.45) is 1.62. The number of aryl methyl sites for hydroxylation is 1. The lowest BCUT2D eigenvalue weighted by Gasteiger charge is -2.22. The SMILES string of the molecule is CN1C(=O)N(CCCC(CS(=O)(=O)NCCCc2ccccc2)C(=O)NO)C(=O)C1(C)C. The number of nitrogens with zero attached hydrogens (tertiary/aromatic N) is 2. The molecule has 1 heterocycles. The van der Waals surface area contributed by atoms with E-state index in [2.05, 4.69) is 4.72 Å². The van der Waals surface area contributed by atoms with Gasteiger partial charge in [0.2, 0.25) is 15.9 Å². The summed E-state index contributed by atoms with van der Waals surface area (Å²) in [5.41, 5.74) is 1.65. The molecule has 1 aromatic rings. The van der Waals surface area contributed by atoms with Gasteiger partial charge in [-0.05, 0) is 45.1 Å². The summed E-state index contributed by atoms with van der Waals surface area (Å²) >= 11 is 0. The zero-order chi connectivity index (χ0) is 23.9. The second-order valence-corrected chi connectivity index (χ2v) is 10.3. The molecule has 1 aliphatic rings. The number of nitrogens with one attached hydrogen (secondary N) is 2. The molecule has 0 bridgehead atoms. The van der Waals surface area contributed by atoms with Crippen LogP contribution in [0.15, 0.2) is 30.3 Å². The molecule has 0 saturated carbocycles. The Labute approximate surface area is 189 Å². The first-order chi connectivity index (χ1) is 15.0. The van der Waals surface area contributed by atoms with Gasteiger partial charge < -0.3 is 4.90 Å². The maximum atomic E-state index is 12.4. The van der Waals surface area contributed by atoms with Crippen LogP contribution < -0.4 is 10.2 Å². The van der Waals surface area contributed by atoms with Gasteiger partial charge in [0.15, 0.2) is 0 Å². The fourth-order valence-corrected chi connectivity index (χ4v) is 4.96. The van der Waals surface area contributed by atoms with Gasteiger partial charge in [-0.15, -0.1) is 0 Å². The third-order valence-corrected chi connectivity index (χ3v) is 7.25. The molecule has 2 rings (SSSR count). The number of likely N-dealkylation sites (N-methyl/N-ethyl adjacent to an activating group) is 1. The second-order valence-electron chi connectivity index (χ2n) is 8.44. The van der Waals surface area contributed by atoms with E-state index in [1.54, 1.807) is 13.8 Å². The Bertz CT molecular complexity index is 919. The summed E-state index contributed by atoms with van der Waals surface area (Å²) in [7, 11) is -2.23. The number of hydrogen-bond acceptors (Lipinski definition) is 6. The average molecular weight is 469 g/mol. The van der Waals surface area contributed by atoms with E-state index in [0.29, 0.717) is 12.8 Å². The van der Waals surface area contributed by atoms with Crippen molar-refractivity contribution in [2.45, 2.75) is 45.1 Å². The van der Waals surface area contributed by atoms with Crippen LogP contribution >= 0.6 is 0 Å². The maximum Gasteiger partial charge on any atom is 0.327 e. The van der Waals surface area contributed by atoms with Crippen molar-refractivity contribution < 1.29 is 28.0 Å². The van der Waals surface area contributed by atoms with Gasteiger partial charge in [0.05, 0.1) is 11.7 Å². The molecule has 32 heavy (non-hydrogen) atoms. The van der Waals surface area contributed by atoms with Gasteiger partial charge in [-0.2, -0.15) is 0 Å². The number of carbonyl (C=O) groups is 3. The van der Waals surface area contributed by atoms with E-state index in [-0.39, 0.29) is 31.8 Å². The molecule has 3 N–H and O–H groups in total. The third-order valence-electron chi connectivity index (χ3n) is 5.77. The Hall–Kier alpha value is -2.50. The van der Waals surface area contributed by atoms with Crippen LogP contribution in [0.4, 0.5) is 4.79 Å². The lowest BCUT2D eigenvalue weighted by molar-refractivity contribution is -0.133. The Kier molecular flexibility index (Phi) is 8.76. The van der Waals surface area contributed by atoms with E-state index >= 15 is 0 Å². The number of sulfonamides is 1. The summed E-state index contributed by atoms with van der Waals surface area (Å²) in [5.74, 6) is -2.69. The van der Waals surface area contributed by atoms with Crippen molar-refractivity contribution in [2.24, 2.45) is 5.92 Å². The van der Waals surface area contributed by atoms with Gasteiger partial charge in [-0.3, -0.25) is 19.7 Å². The predicted molar refractivity (Wildman–Crippen MR) is 118 cm³/mol. The molecule has 4 amide bonds. The first kappa shape index (κ1) is 25.8. The van der Waals surface area contributed by atoms with Crippen LogP contribution in [0.5, 0.6) is 0 Å². The van der Waals surface area contributed by atoms with Crippen LogP contribution in [0, 0.1) is 5.92 Å². The number of hydroxylamine groups is 1. The molecular formula is C21H32N4O6S. The van der Waals surface area contributed by atoms with E-state index in [9.17, 15) is 22.8 Å². The van der Waals surface area contributed by atoms with Crippen LogP contribution in [0.2, 0.25) is 0 Å². The van der Waals surface area contributed by atoms with Crippen molar-refractivity contribution in [1.82, 2.24) is 20.0 Å². The van der Waals surface area contributed by atoms with Gasteiger partial charge in [-0.25, -0.2) is 23.4 Å². The Balaban J connectivity index is 1.86. The van der Waals surface area contributed by atoms with Crippen molar-refractivity contribution in [1.29, 1.82) is 0 Å². The van der Waals surface area contributed by atoms with E-state index in [1.165, 1.54) is 17.4 Å². The minimum atomic E-state index is -3.77. The number of benzene rings is 1. The highest BCUT2D eigenvalue weighted by Gasteiger charge is 2.48. The molecule has 1 unspecified atom stereocenters. The van der Waals surface area contributed by atoms with Gasteiger partial charge in [0.25, 0.3) is 5.91 Å². The first-order valence-corrected chi connectivity index (χ1v) is 12.2. The first-order valence-electron chi connectivity index (χ1n) is 10.5. The molecule has 1 saturated heterocycles. The molecule has 1 atom stereocenters. The van der Waals surface area contributed by atoms with Crippen molar-refractivity contribution in [2.75, 3.05) is 25.9 Å².